The second kappa shape index (κ2) is 36.6. The fraction of sp³-hybridized carbons (Fsp3) is 0.720. The van der Waals surface area contributed by atoms with Crippen molar-refractivity contribution in [3.63, 3.8) is 0 Å². The average molecular weight is 1160 g/mol. The number of ketones is 1. The molecule has 0 radical (unpaired) electrons. The van der Waals surface area contributed by atoms with Crippen LogP contribution in [0.2, 0.25) is 0 Å². The maximum atomic E-state index is 13.0. The predicted molar refractivity (Wildman–Crippen MR) is 296 cm³/mol. The van der Waals surface area contributed by atoms with Crippen LogP contribution >= 0.6 is 21.6 Å². The van der Waals surface area contributed by atoms with Crippen LogP contribution in [0.3, 0.4) is 0 Å². The van der Waals surface area contributed by atoms with Gasteiger partial charge in [-0.05, 0) is 13.3 Å². The number of rotatable bonds is 35. The van der Waals surface area contributed by atoms with Crippen molar-refractivity contribution in [3.8, 4) is 0 Å². The van der Waals surface area contributed by atoms with Gasteiger partial charge >= 0.3 is 5.97 Å². The standard InChI is InChI=1S/C50H86N12O15S2/c1-33(2)49(75)36(6)52-38(64)23-53(7)40(66)25-55(9)42(68)27-57(11)44(70)29-59(13)46(72)31-61(15)48(74)32-62(16)47(73)30-60(14)45(71)28-58(12)43(69)26-56(10)41(67)24-54(8)39(65)19-20-51-37(63)18-17-35(5)79-78-22-21-77-50(76)34(3)4/h33-36H,17-32H2,1-16H3,(H,51,63)(H,52,64)/t35?,36-/m0/s1. The molecule has 0 heterocycles. The molecule has 27 nitrogen and oxygen atoms in total. The van der Waals surface area contributed by atoms with Crippen LogP contribution in [0.4, 0.5) is 0 Å². The molecule has 79 heavy (non-hydrogen) atoms. The molecule has 0 spiro atoms. The SMILES string of the molecule is CC(CCC(=O)NCCC(=O)N(C)CC(=O)N(C)CC(=O)N(C)CC(=O)N(C)CC(=O)N(C)CC(=O)N(C)CC(=O)N(C)CC(=O)N(C)CC(=O)N(C)CC(=O)N(C)CC(=O)N[C@@H](C)C(=O)C(C)C)SSCCOC(=O)C(C)C. The van der Waals surface area contributed by atoms with Crippen LogP contribution < -0.4 is 10.6 Å². The first kappa shape index (κ1) is 72.5. The number of nitrogens with one attached hydrogen (secondary N) is 2. The first-order valence-electron chi connectivity index (χ1n) is 25.5. The van der Waals surface area contributed by atoms with Gasteiger partial charge in [-0.2, -0.15) is 0 Å². The Hall–Kier alpha value is -6.52. The van der Waals surface area contributed by atoms with Crippen LogP contribution in [-0.2, 0) is 71.9 Å². The van der Waals surface area contributed by atoms with E-state index in [0.29, 0.717) is 18.8 Å². The molecular weight excluding hydrogens is 1070 g/mol. The first-order valence-corrected chi connectivity index (χ1v) is 27.9. The minimum absolute atomic E-state index is 0.0570. The van der Waals surface area contributed by atoms with Gasteiger partial charge in [-0.25, -0.2) is 0 Å². The lowest BCUT2D eigenvalue weighted by atomic mass is 10.0. The lowest BCUT2D eigenvalue weighted by Gasteiger charge is -2.27. The molecular formula is C50H86N12O15S2. The summed E-state index contributed by atoms with van der Waals surface area (Å²) in [6.45, 7) is 6.52. The molecule has 0 saturated carbocycles. The first-order chi connectivity index (χ1) is 36.6. The Balaban J connectivity index is 4.79. The molecule has 0 aliphatic carbocycles. The number of hydrogen-bond donors (Lipinski definition) is 2. The summed E-state index contributed by atoms with van der Waals surface area (Å²) in [7, 11) is 16.6. The molecule has 0 fully saturated rings. The van der Waals surface area contributed by atoms with Crippen LogP contribution in [0.25, 0.3) is 0 Å². The zero-order valence-corrected chi connectivity index (χ0v) is 50.7. The zero-order valence-electron chi connectivity index (χ0n) is 49.0. The number of esters is 1. The second-order valence-electron chi connectivity index (χ2n) is 20.0. The van der Waals surface area contributed by atoms with Gasteiger partial charge in [-0.1, -0.05) is 56.2 Å². The number of nitrogens with zero attached hydrogens (tertiary/aromatic N) is 10. The van der Waals surface area contributed by atoms with Crippen LogP contribution in [0.5, 0.6) is 0 Å². The van der Waals surface area contributed by atoms with E-state index < -0.39 is 123 Å². The van der Waals surface area contributed by atoms with E-state index in [9.17, 15) is 67.1 Å². The molecule has 29 heteroatoms. The fourth-order valence-electron chi connectivity index (χ4n) is 6.35. The van der Waals surface area contributed by atoms with Gasteiger partial charge in [0.05, 0.1) is 77.4 Å². The van der Waals surface area contributed by atoms with Crippen molar-refractivity contribution in [2.24, 2.45) is 11.8 Å². The topological polar surface area (TPSA) is 305 Å². The Morgan fingerprint density at radius 2 is 0.696 bits per heavy atom. The van der Waals surface area contributed by atoms with Crippen LogP contribution in [0, 0.1) is 11.8 Å². The van der Waals surface area contributed by atoms with Crippen LogP contribution in [0.1, 0.15) is 60.8 Å². The molecule has 2 atom stereocenters. The summed E-state index contributed by atoms with van der Waals surface area (Å²) >= 11 is 0. The summed E-state index contributed by atoms with van der Waals surface area (Å²) in [5, 5.41) is 5.41. The van der Waals surface area contributed by atoms with Crippen molar-refractivity contribution in [1.82, 2.24) is 59.6 Å². The highest BCUT2D eigenvalue weighted by molar-refractivity contribution is 8.76. The summed E-state index contributed by atoms with van der Waals surface area (Å²) in [5.74, 6) is -6.98. The van der Waals surface area contributed by atoms with E-state index in [-0.39, 0.29) is 67.2 Å². The van der Waals surface area contributed by atoms with E-state index >= 15 is 0 Å². The number of carbonyl (C=O) groups excluding carboxylic acids is 14. The lowest BCUT2D eigenvalue weighted by Crippen LogP contribution is -2.49. The molecule has 0 aliphatic heterocycles. The van der Waals surface area contributed by atoms with Crippen LogP contribution in [-0.4, -0.2) is 298 Å². The molecule has 448 valence electrons. The molecule has 2 N–H and O–H groups in total. The maximum absolute atomic E-state index is 13.0. The fourth-order valence-corrected chi connectivity index (χ4v) is 8.52. The third kappa shape index (κ3) is 29.3. The number of likely N-dealkylation sites (N-methyl/N-ethyl adjacent to an activating group) is 10. The molecule has 0 saturated heterocycles. The minimum atomic E-state index is -0.740. The van der Waals surface area contributed by atoms with Crippen molar-refractivity contribution in [3.05, 3.63) is 0 Å². The Morgan fingerprint density at radius 3 is 1.00 bits per heavy atom. The largest absolute Gasteiger partial charge is 0.465 e. The molecule has 0 aromatic rings. The maximum Gasteiger partial charge on any atom is 0.308 e. The van der Waals surface area contributed by atoms with Crippen molar-refractivity contribution in [2.75, 3.05) is 155 Å². The highest BCUT2D eigenvalue weighted by Gasteiger charge is 2.27. The molecule has 0 aromatic carbocycles. The van der Waals surface area contributed by atoms with Crippen molar-refractivity contribution in [1.29, 1.82) is 0 Å². The highest BCUT2D eigenvalue weighted by Crippen LogP contribution is 2.29. The monoisotopic (exact) mass is 1160 g/mol. The van der Waals surface area contributed by atoms with E-state index in [4.69, 9.17) is 4.74 Å². The van der Waals surface area contributed by atoms with E-state index in [2.05, 4.69) is 10.6 Å². The van der Waals surface area contributed by atoms with E-state index in [1.807, 2.05) is 6.92 Å². The van der Waals surface area contributed by atoms with Gasteiger partial charge in [0.2, 0.25) is 70.9 Å². The molecule has 0 rings (SSSR count). The van der Waals surface area contributed by atoms with Gasteiger partial charge in [0.25, 0.3) is 0 Å². The summed E-state index contributed by atoms with van der Waals surface area (Å²) in [5.41, 5.74) is 0. The van der Waals surface area contributed by atoms with Crippen molar-refractivity contribution < 1.29 is 71.9 Å². The molecule has 0 bridgehead atoms. The lowest BCUT2D eigenvalue weighted by molar-refractivity contribution is -0.146. The van der Waals surface area contributed by atoms with Crippen molar-refractivity contribution >= 4 is 104 Å². The molecule has 12 amide bonds. The van der Waals surface area contributed by atoms with Gasteiger partial charge in [-0.15, -0.1) is 0 Å². The van der Waals surface area contributed by atoms with Gasteiger partial charge in [0.1, 0.15) is 6.61 Å². The molecule has 1 unspecified atom stereocenters. The molecule has 0 aliphatic rings. The number of carbonyl (C=O) groups is 14. The Kier molecular flexibility index (Phi) is 33.6. The molecule has 0 aromatic heterocycles. The Morgan fingerprint density at radius 1 is 0.392 bits per heavy atom. The number of hydrogen-bond acceptors (Lipinski definition) is 17. The van der Waals surface area contributed by atoms with Crippen molar-refractivity contribution in [2.45, 2.75) is 72.1 Å². The van der Waals surface area contributed by atoms with E-state index in [1.165, 1.54) is 75.4 Å². The number of amides is 12. The summed E-state index contributed by atoms with van der Waals surface area (Å²) in [4.78, 5) is 188. The smallest absolute Gasteiger partial charge is 0.308 e. The Bertz CT molecular complexity index is 2170. The number of ether oxygens (including phenoxy) is 1. The normalized spacial score (nSPS) is 11.5. The summed E-state index contributed by atoms with van der Waals surface area (Å²) in [6.07, 6.45) is 0.800. The van der Waals surface area contributed by atoms with Gasteiger partial charge in [0.15, 0.2) is 5.78 Å². The van der Waals surface area contributed by atoms with Crippen LogP contribution in [0.15, 0.2) is 0 Å². The average Bonchev–Trinajstić information content (AvgIpc) is 3.36. The van der Waals surface area contributed by atoms with Gasteiger partial charge in [0, 0.05) is 107 Å². The predicted octanol–water partition coefficient (Wildman–Crippen LogP) is -2.44. The van der Waals surface area contributed by atoms with E-state index in [1.54, 1.807) is 56.2 Å². The zero-order chi connectivity index (χ0) is 61.0. The third-order valence-corrected chi connectivity index (χ3v) is 14.8. The van der Waals surface area contributed by atoms with Gasteiger partial charge < -0.3 is 64.4 Å². The van der Waals surface area contributed by atoms with Gasteiger partial charge in [-0.3, -0.25) is 67.1 Å². The van der Waals surface area contributed by atoms with E-state index in [0.717, 1.165) is 44.1 Å². The minimum Gasteiger partial charge on any atom is -0.465 e. The quantitative estimate of drug-likeness (QED) is 0.0378. The second-order valence-corrected chi connectivity index (χ2v) is 23.0. The number of Topliss-reactive ketones (excluding diaryl/α,β-unsaturated/α-hetero) is 1. The Labute approximate surface area is 472 Å². The summed E-state index contributed by atoms with van der Waals surface area (Å²) in [6, 6.07) is -0.740. The third-order valence-electron chi connectivity index (χ3n) is 11.9. The highest BCUT2D eigenvalue weighted by atomic mass is 33.1. The summed E-state index contributed by atoms with van der Waals surface area (Å²) < 4.78 is 5.14.